The summed E-state index contributed by atoms with van der Waals surface area (Å²) in [7, 11) is 1.42. The Bertz CT molecular complexity index is 647. The molecule has 2 rings (SSSR count). The number of carbonyl (C=O) groups is 1. The number of nitrogens with one attached hydrogen (secondary N) is 2. The van der Waals surface area contributed by atoms with Gasteiger partial charge in [0.05, 0.1) is 7.11 Å². The molecule has 21 heavy (non-hydrogen) atoms. The molecular formula is C15H16FN3O2. The smallest absolute Gasteiger partial charge is 0.316 e. The Labute approximate surface area is 121 Å². The minimum absolute atomic E-state index is 0.214. The average Bonchev–Trinajstić information content (AvgIpc) is 2.45. The van der Waals surface area contributed by atoms with Crippen LogP contribution >= 0.6 is 0 Å². The molecule has 0 radical (unpaired) electrons. The number of primary amides is 1. The molecule has 0 unspecified atom stereocenters. The number of nitrogens with two attached hydrogens (primary N) is 1. The van der Waals surface area contributed by atoms with Crippen LogP contribution in [0.15, 0.2) is 42.5 Å². The van der Waals surface area contributed by atoms with Gasteiger partial charge in [-0.25, -0.2) is 9.18 Å². The third-order valence-corrected chi connectivity index (χ3v) is 2.84. The van der Waals surface area contributed by atoms with Gasteiger partial charge in [0.2, 0.25) is 0 Å². The lowest BCUT2D eigenvalue weighted by atomic mass is 10.2. The van der Waals surface area contributed by atoms with Crippen LogP contribution in [0.4, 0.5) is 20.6 Å². The van der Waals surface area contributed by atoms with Gasteiger partial charge in [-0.05, 0) is 35.9 Å². The van der Waals surface area contributed by atoms with E-state index in [4.69, 9.17) is 10.5 Å². The van der Waals surface area contributed by atoms with Crippen LogP contribution in [-0.4, -0.2) is 13.1 Å². The molecule has 0 fully saturated rings. The van der Waals surface area contributed by atoms with Gasteiger partial charge in [-0.3, -0.25) is 0 Å². The van der Waals surface area contributed by atoms with E-state index in [0.29, 0.717) is 12.2 Å². The van der Waals surface area contributed by atoms with Gasteiger partial charge in [0.15, 0.2) is 11.6 Å². The molecule has 0 aliphatic rings. The van der Waals surface area contributed by atoms with Crippen LogP contribution in [0.5, 0.6) is 5.75 Å². The van der Waals surface area contributed by atoms with Gasteiger partial charge >= 0.3 is 6.03 Å². The van der Waals surface area contributed by atoms with Crippen molar-refractivity contribution in [2.45, 2.75) is 6.54 Å². The summed E-state index contributed by atoms with van der Waals surface area (Å²) in [5, 5.41) is 5.63. The monoisotopic (exact) mass is 289 g/mol. The van der Waals surface area contributed by atoms with Gasteiger partial charge in [0.25, 0.3) is 0 Å². The highest BCUT2D eigenvalue weighted by Gasteiger charge is 2.04. The van der Waals surface area contributed by atoms with Crippen molar-refractivity contribution in [3.63, 3.8) is 0 Å². The average molecular weight is 289 g/mol. The van der Waals surface area contributed by atoms with Gasteiger partial charge in [0.1, 0.15) is 0 Å². The third-order valence-electron chi connectivity index (χ3n) is 2.84. The SMILES string of the molecule is COc1ccc(CNc2cccc(NC(N)=O)c2)cc1F. The van der Waals surface area contributed by atoms with Crippen LogP contribution < -0.4 is 21.1 Å². The third kappa shape index (κ3) is 4.10. The summed E-state index contributed by atoms with van der Waals surface area (Å²) < 4.78 is 18.4. The van der Waals surface area contributed by atoms with Crippen molar-refractivity contribution in [2.24, 2.45) is 5.73 Å². The molecule has 0 saturated heterocycles. The zero-order valence-corrected chi connectivity index (χ0v) is 11.5. The maximum absolute atomic E-state index is 13.6. The first-order valence-electron chi connectivity index (χ1n) is 6.31. The molecule has 2 aromatic carbocycles. The first-order valence-corrected chi connectivity index (χ1v) is 6.31. The number of carbonyl (C=O) groups excluding carboxylic acids is 1. The number of halogens is 1. The lowest BCUT2D eigenvalue weighted by Gasteiger charge is -2.10. The highest BCUT2D eigenvalue weighted by Crippen LogP contribution is 2.19. The molecule has 6 heteroatoms. The number of benzene rings is 2. The van der Waals surface area contributed by atoms with E-state index in [9.17, 15) is 9.18 Å². The molecule has 0 aromatic heterocycles. The number of amides is 2. The molecule has 110 valence electrons. The Morgan fingerprint density at radius 3 is 2.67 bits per heavy atom. The van der Waals surface area contributed by atoms with Crippen molar-refractivity contribution >= 4 is 17.4 Å². The van der Waals surface area contributed by atoms with Crippen LogP contribution in [0.2, 0.25) is 0 Å². The number of hydrogen-bond acceptors (Lipinski definition) is 3. The fourth-order valence-corrected chi connectivity index (χ4v) is 1.87. The Morgan fingerprint density at radius 2 is 2.00 bits per heavy atom. The van der Waals surface area contributed by atoms with Crippen molar-refractivity contribution in [3.8, 4) is 5.75 Å². The zero-order chi connectivity index (χ0) is 15.2. The Balaban J connectivity index is 2.02. The first kappa shape index (κ1) is 14.6. The van der Waals surface area contributed by atoms with Crippen molar-refractivity contribution in [1.82, 2.24) is 0 Å². The summed E-state index contributed by atoms with van der Waals surface area (Å²) in [5.41, 5.74) is 7.22. The molecule has 0 heterocycles. The predicted molar refractivity (Wildman–Crippen MR) is 79.9 cm³/mol. The number of urea groups is 1. The highest BCUT2D eigenvalue weighted by atomic mass is 19.1. The summed E-state index contributed by atoms with van der Waals surface area (Å²) in [6.07, 6.45) is 0. The fourth-order valence-electron chi connectivity index (χ4n) is 1.87. The summed E-state index contributed by atoms with van der Waals surface area (Å²) >= 11 is 0. The van der Waals surface area contributed by atoms with Gasteiger partial charge in [-0.15, -0.1) is 0 Å². The summed E-state index contributed by atoms with van der Waals surface area (Å²) in [6, 6.07) is 11.2. The summed E-state index contributed by atoms with van der Waals surface area (Å²) in [6.45, 7) is 0.445. The minimum atomic E-state index is -0.621. The standard InChI is InChI=1S/C15H16FN3O2/c1-21-14-6-5-10(7-13(14)16)9-18-11-3-2-4-12(8-11)19-15(17)20/h2-8,18H,9H2,1H3,(H3,17,19,20). The van der Waals surface area contributed by atoms with Gasteiger partial charge in [-0.1, -0.05) is 12.1 Å². The Hall–Kier alpha value is -2.76. The molecule has 0 bridgehead atoms. The van der Waals surface area contributed by atoms with Crippen molar-refractivity contribution < 1.29 is 13.9 Å². The first-order chi connectivity index (χ1) is 10.1. The molecule has 2 amide bonds. The molecule has 0 spiro atoms. The molecule has 5 nitrogen and oxygen atoms in total. The second-order valence-electron chi connectivity index (χ2n) is 4.39. The molecule has 4 N–H and O–H groups in total. The van der Waals surface area contributed by atoms with E-state index in [1.165, 1.54) is 13.2 Å². The number of ether oxygens (including phenoxy) is 1. The highest BCUT2D eigenvalue weighted by molar-refractivity contribution is 5.88. The van der Waals surface area contributed by atoms with Crippen molar-refractivity contribution in [2.75, 3.05) is 17.7 Å². The minimum Gasteiger partial charge on any atom is -0.494 e. The number of hydrogen-bond donors (Lipinski definition) is 3. The summed E-state index contributed by atoms with van der Waals surface area (Å²) in [4.78, 5) is 10.8. The van der Waals surface area contributed by atoms with Crippen LogP contribution in [-0.2, 0) is 6.54 Å². The summed E-state index contributed by atoms with van der Waals surface area (Å²) in [5.74, 6) is -0.188. The maximum Gasteiger partial charge on any atom is 0.316 e. The van der Waals surface area contributed by atoms with Gasteiger partial charge in [-0.2, -0.15) is 0 Å². The molecule has 0 saturated carbocycles. The van der Waals surface area contributed by atoms with Gasteiger partial charge in [0, 0.05) is 17.9 Å². The zero-order valence-electron chi connectivity index (χ0n) is 11.5. The Kier molecular flexibility index (Phi) is 4.61. The number of rotatable bonds is 5. The fraction of sp³-hybridized carbons (Fsp3) is 0.133. The van der Waals surface area contributed by atoms with Crippen molar-refractivity contribution in [1.29, 1.82) is 0 Å². The van der Waals surface area contributed by atoms with E-state index in [1.807, 2.05) is 6.07 Å². The number of anilines is 2. The van der Waals surface area contributed by atoms with E-state index < -0.39 is 11.8 Å². The van der Waals surface area contributed by atoms with E-state index in [2.05, 4.69) is 10.6 Å². The van der Waals surface area contributed by atoms with E-state index in [0.717, 1.165) is 11.3 Å². The van der Waals surface area contributed by atoms with Crippen LogP contribution in [0.25, 0.3) is 0 Å². The molecule has 0 aliphatic carbocycles. The molecule has 0 aliphatic heterocycles. The molecule has 2 aromatic rings. The predicted octanol–water partition coefficient (Wildman–Crippen LogP) is 2.94. The largest absolute Gasteiger partial charge is 0.494 e. The maximum atomic E-state index is 13.6. The lowest BCUT2D eigenvalue weighted by molar-refractivity contribution is 0.259. The second-order valence-corrected chi connectivity index (χ2v) is 4.39. The Morgan fingerprint density at radius 1 is 1.24 bits per heavy atom. The second kappa shape index (κ2) is 6.60. The number of methoxy groups -OCH3 is 1. The van der Waals surface area contributed by atoms with Crippen LogP contribution in [0.3, 0.4) is 0 Å². The van der Waals surface area contributed by atoms with Gasteiger partial charge < -0.3 is 21.1 Å². The van der Waals surface area contributed by atoms with Crippen LogP contribution in [0.1, 0.15) is 5.56 Å². The van der Waals surface area contributed by atoms with Crippen LogP contribution in [0, 0.1) is 5.82 Å². The van der Waals surface area contributed by atoms with Crippen molar-refractivity contribution in [3.05, 3.63) is 53.8 Å². The van der Waals surface area contributed by atoms with E-state index in [-0.39, 0.29) is 5.75 Å². The normalized spacial score (nSPS) is 10.0. The molecular weight excluding hydrogens is 273 g/mol. The topological polar surface area (TPSA) is 76.4 Å². The van der Waals surface area contributed by atoms with E-state index in [1.54, 1.807) is 30.3 Å². The van der Waals surface area contributed by atoms with E-state index >= 15 is 0 Å². The quantitative estimate of drug-likeness (QED) is 0.792. The lowest BCUT2D eigenvalue weighted by Crippen LogP contribution is -2.19. The molecule has 0 atom stereocenters.